The van der Waals surface area contributed by atoms with Crippen LogP contribution in [0.4, 0.5) is 0 Å². The Kier molecular flexibility index (Phi) is 1.80. The quantitative estimate of drug-likeness (QED) is 0.600. The Bertz CT molecular complexity index is 242. The number of hydrogen-bond acceptors (Lipinski definition) is 4. The second-order valence-electron chi connectivity index (χ2n) is 2.11. The lowest BCUT2D eigenvalue weighted by molar-refractivity contribution is -0.116. The summed E-state index contributed by atoms with van der Waals surface area (Å²) in [5.74, 6) is 1.00. The first kappa shape index (κ1) is 6.92. The zero-order valence-electron chi connectivity index (χ0n) is 5.92. The van der Waals surface area contributed by atoms with Gasteiger partial charge in [-0.3, -0.25) is 4.79 Å². The number of hydrogen-bond donors (Lipinski definition) is 0. The van der Waals surface area contributed by atoms with Gasteiger partial charge < -0.3 is 4.52 Å². The van der Waals surface area contributed by atoms with Crippen LogP contribution in [-0.4, -0.2) is 15.9 Å². The molecule has 0 aliphatic heterocycles. The van der Waals surface area contributed by atoms with Crippen LogP contribution in [0.1, 0.15) is 18.6 Å². The van der Waals surface area contributed by atoms with Gasteiger partial charge in [0.15, 0.2) is 5.82 Å². The lowest BCUT2D eigenvalue weighted by Gasteiger charge is -1.82. The monoisotopic (exact) mass is 140 g/mol. The molecule has 1 rings (SSSR count). The summed E-state index contributed by atoms with van der Waals surface area (Å²) in [6, 6.07) is 0. The van der Waals surface area contributed by atoms with E-state index in [0.717, 1.165) is 0 Å². The minimum absolute atomic E-state index is 0.0424. The van der Waals surface area contributed by atoms with Gasteiger partial charge in [-0.15, -0.1) is 0 Å². The summed E-state index contributed by atoms with van der Waals surface area (Å²) in [6.45, 7) is 3.18. The fraction of sp³-hybridized carbons (Fsp3) is 0.500. The van der Waals surface area contributed by atoms with Gasteiger partial charge in [0.1, 0.15) is 5.78 Å². The maximum Gasteiger partial charge on any atom is 0.223 e. The summed E-state index contributed by atoms with van der Waals surface area (Å²) in [5, 5.41) is 3.55. The molecule has 0 saturated carbocycles. The van der Waals surface area contributed by atoms with Gasteiger partial charge in [-0.2, -0.15) is 4.98 Å². The van der Waals surface area contributed by atoms with Crippen LogP contribution in [0, 0.1) is 6.92 Å². The van der Waals surface area contributed by atoms with E-state index < -0.39 is 0 Å². The first-order valence-electron chi connectivity index (χ1n) is 2.97. The highest BCUT2D eigenvalue weighted by Crippen LogP contribution is 1.95. The summed E-state index contributed by atoms with van der Waals surface area (Å²) in [6.07, 6.45) is 0.261. The van der Waals surface area contributed by atoms with Crippen molar-refractivity contribution in [3.63, 3.8) is 0 Å². The number of carbonyl (C=O) groups is 1. The normalized spacial score (nSPS) is 9.80. The third-order valence-electron chi connectivity index (χ3n) is 0.977. The first-order chi connectivity index (χ1) is 4.68. The lowest BCUT2D eigenvalue weighted by Crippen LogP contribution is -1.97. The largest absolute Gasteiger partial charge is 0.340 e. The predicted octanol–water partition coefficient (Wildman–Crippen LogP) is 0.510. The van der Waals surface area contributed by atoms with Gasteiger partial charge in [-0.1, -0.05) is 5.16 Å². The van der Waals surface area contributed by atoms with Crippen molar-refractivity contribution in [2.24, 2.45) is 0 Å². The van der Waals surface area contributed by atoms with Gasteiger partial charge in [-0.05, 0) is 6.92 Å². The first-order valence-corrected chi connectivity index (χ1v) is 2.97. The van der Waals surface area contributed by atoms with Crippen molar-refractivity contribution in [3.05, 3.63) is 11.7 Å². The number of aromatic nitrogens is 2. The molecule has 1 aromatic rings. The van der Waals surface area contributed by atoms with Crippen LogP contribution in [0.25, 0.3) is 0 Å². The molecule has 1 aromatic heterocycles. The molecule has 0 fully saturated rings. The van der Waals surface area contributed by atoms with Crippen molar-refractivity contribution in [2.75, 3.05) is 0 Å². The number of nitrogens with zero attached hydrogens (tertiary/aromatic N) is 2. The van der Waals surface area contributed by atoms with Gasteiger partial charge in [0.2, 0.25) is 5.89 Å². The molecular formula is C6H8N2O2. The summed E-state index contributed by atoms with van der Waals surface area (Å²) in [5.41, 5.74) is 0. The van der Waals surface area contributed by atoms with Crippen LogP contribution in [0.5, 0.6) is 0 Å². The van der Waals surface area contributed by atoms with Crippen molar-refractivity contribution in [1.82, 2.24) is 10.1 Å². The number of Topliss-reactive ketones (excluding diaryl/α,β-unsaturated/α-hetero) is 1. The highest BCUT2D eigenvalue weighted by molar-refractivity contribution is 5.77. The van der Waals surface area contributed by atoms with Gasteiger partial charge in [0.05, 0.1) is 6.42 Å². The smallest absolute Gasteiger partial charge is 0.223 e. The summed E-state index contributed by atoms with van der Waals surface area (Å²) in [4.78, 5) is 14.4. The molecule has 0 N–H and O–H groups in total. The number of ketones is 1. The van der Waals surface area contributed by atoms with Crippen LogP contribution in [0.15, 0.2) is 4.52 Å². The third-order valence-corrected chi connectivity index (χ3v) is 0.977. The molecule has 0 radical (unpaired) electrons. The van der Waals surface area contributed by atoms with Gasteiger partial charge >= 0.3 is 0 Å². The third kappa shape index (κ3) is 1.65. The van der Waals surface area contributed by atoms with Gasteiger partial charge in [-0.25, -0.2) is 0 Å². The second-order valence-corrected chi connectivity index (χ2v) is 2.11. The van der Waals surface area contributed by atoms with Crippen LogP contribution in [-0.2, 0) is 11.2 Å². The molecule has 0 bridgehead atoms. The number of rotatable bonds is 2. The van der Waals surface area contributed by atoms with Crippen LogP contribution in [0.3, 0.4) is 0 Å². The molecule has 0 saturated heterocycles. The van der Waals surface area contributed by atoms with Crippen molar-refractivity contribution < 1.29 is 9.32 Å². The Hall–Kier alpha value is -1.19. The van der Waals surface area contributed by atoms with E-state index in [9.17, 15) is 4.79 Å². The Labute approximate surface area is 58.2 Å². The summed E-state index contributed by atoms with van der Waals surface area (Å²) in [7, 11) is 0. The molecular weight excluding hydrogens is 132 g/mol. The van der Waals surface area contributed by atoms with E-state index in [4.69, 9.17) is 0 Å². The molecule has 4 nitrogen and oxygen atoms in total. The lowest BCUT2D eigenvalue weighted by atomic mass is 10.3. The highest BCUT2D eigenvalue weighted by Gasteiger charge is 2.03. The standard InChI is InChI=1S/C6H8N2O2/c1-4(9)3-6-7-5(2)10-8-6/h3H2,1-2H3. The SMILES string of the molecule is CC(=O)Cc1noc(C)n1. The number of aryl methyl sites for hydroxylation is 1. The topological polar surface area (TPSA) is 56.0 Å². The molecule has 0 unspecified atom stereocenters. The molecule has 0 atom stereocenters. The Morgan fingerprint density at radius 2 is 2.40 bits per heavy atom. The molecule has 54 valence electrons. The molecule has 0 aliphatic rings. The average Bonchev–Trinajstić information content (AvgIpc) is 2.13. The Balaban J connectivity index is 2.67. The Morgan fingerprint density at radius 3 is 2.80 bits per heavy atom. The van der Waals surface area contributed by atoms with Crippen molar-refractivity contribution in [1.29, 1.82) is 0 Å². The molecule has 0 aromatic carbocycles. The molecule has 1 heterocycles. The summed E-state index contributed by atoms with van der Waals surface area (Å²) < 4.78 is 4.65. The average molecular weight is 140 g/mol. The van der Waals surface area contributed by atoms with Crippen molar-refractivity contribution >= 4 is 5.78 Å². The zero-order chi connectivity index (χ0) is 7.56. The van der Waals surface area contributed by atoms with Crippen LogP contribution in [0.2, 0.25) is 0 Å². The molecule has 0 aliphatic carbocycles. The molecule has 0 amide bonds. The molecule has 4 heteroatoms. The maximum absolute atomic E-state index is 10.5. The zero-order valence-corrected chi connectivity index (χ0v) is 5.92. The van der Waals surface area contributed by atoms with E-state index in [1.54, 1.807) is 6.92 Å². The minimum atomic E-state index is 0.0424. The van der Waals surface area contributed by atoms with Crippen LogP contribution < -0.4 is 0 Å². The van der Waals surface area contributed by atoms with Gasteiger partial charge in [0, 0.05) is 6.92 Å². The van der Waals surface area contributed by atoms with Crippen molar-refractivity contribution in [2.45, 2.75) is 20.3 Å². The predicted molar refractivity (Wildman–Crippen MR) is 33.4 cm³/mol. The Morgan fingerprint density at radius 1 is 1.70 bits per heavy atom. The second kappa shape index (κ2) is 2.60. The van der Waals surface area contributed by atoms with E-state index in [2.05, 4.69) is 14.7 Å². The molecule has 10 heavy (non-hydrogen) atoms. The van der Waals surface area contributed by atoms with Crippen LogP contribution >= 0.6 is 0 Å². The van der Waals surface area contributed by atoms with E-state index in [0.29, 0.717) is 11.7 Å². The fourth-order valence-electron chi connectivity index (χ4n) is 0.636. The highest BCUT2D eigenvalue weighted by atomic mass is 16.5. The fourth-order valence-corrected chi connectivity index (χ4v) is 0.636. The maximum atomic E-state index is 10.5. The van der Waals surface area contributed by atoms with E-state index >= 15 is 0 Å². The number of carbonyl (C=O) groups excluding carboxylic acids is 1. The van der Waals surface area contributed by atoms with E-state index in [-0.39, 0.29) is 12.2 Å². The molecule has 0 spiro atoms. The van der Waals surface area contributed by atoms with Crippen molar-refractivity contribution in [3.8, 4) is 0 Å². The minimum Gasteiger partial charge on any atom is -0.340 e. The van der Waals surface area contributed by atoms with E-state index in [1.165, 1.54) is 6.92 Å². The van der Waals surface area contributed by atoms with E-state index in [1.807, 2.05) is 0 Å². The van der Waals surface area contributed by atoms with Gasteiger partial charge in [0.25, 0.3) is 0 Å². The summed E-state index contributed by atoms with van der Waals surface area (Å²) >= 11 is 0.